The van der Waals surface area contributed by atoms with Crippen molar-refractivity contribution in [2.24, 2.45) is 0 Å². The Balaban J connectivity index is 1.17. The second-order valence-electron chi connectivity index (χ2n) is 9.65. The highest BCUT2D eigenvalue weighted by atomic mass is 32.2. The van der Waals surface area contributed by atoms with Gasteiger partial charge in [0.05, 0.1) is 41.1 Å². The lowest BCUT2D eigenvalue weighted by Crippen LogP contribution is -2.31. The number of aliphatic hydroxyl groups excluding tert-OH is 1. The Morgan fingerprint density at radius 2 is 1.63 bits per heavy atom. The van der Waals surface area contributed by atoms with Crippen molar-refractivity contribution in [1.82, 2.24) is 15.0 Å². The van der Waals surface area contributed by atoms with E-state index in [1.165, 1.54) is 6.20 Å². The minimum absolute atomic E-state index is 0.00277. The van der Waals surface area contributed by atoms with E-state index in [9.17, 15) is 9.90 Å². The Labute approximate surface area is 241 Å². The van der Waals surface area contributed by atoms with Crippen LogP contribution in [-0.4, -0.2) is 37.8 Å². The molecule has 0 bridgehead atoms. The van der Waals surface area contributed by atoms with Crippen molar-refractivity contribution in [3.63, 3.8) is 0 Å². The third-order valence-electron chi connectivity index (χ3n) is 6.79. The summed E-state index contributed by atoms with van der Waals surface area (Å²) in [7, 11) is 0. The van der Waals surface area contributed by atoms with Crippen LogP contribution in [0.5, 0.6) is 0 Å². The number of ether oxygens (including phenoxy) is 2. The number of rotatable bonds is 8. The van der Waals surface area contributed by atoms with E-state index in [4.69, 9.17) is 9.47 Å². The number of carbonyl (C=O) groups excluding carboxylic acids is 1. The summed E-state index contributed by atoms with van der Waals surface area (Å²) in [6.45, 7) is -0.00277. The van der Waals surface area contributed by atoms with Crippen LogP contribution >= 0.6 is 11.8 Å². The summed E-state index contributed by atoms with van der Waals surface area (Å²) in [4.78, 5) is 26.0. The van der Waals surface area contributed by atoms with Gasteiger partial charge in [-0.05, 0) is 47.5 Å². The number of nitrogens with one attached hydrogen (secondary N) is 1. The number of pyridine rings is 1. The number of hydrogen-bond acceptors (Lipinski definition) is 8. The number of anilines is 1. The van der Waals surface area contributed by atoms with Crippen molar-refractivity contribution in [1.29, 1.82) is 0 Å². The molecule has 0 radical (unpaired) electrons. The molecule has 3 heterocycles. The van der Waals surface area contributed by atoms with Crippen molar-refractivity contribution in [3.8, 4) is 0 Å². The number of aliphatic hydroxyl groups is 1. The first-order chi connectivity index (χ1) is 20.1. The minimum Gasteiger partial charge on any atom is -0.392 e. The van der Waals surface area contributed by atoms with Crippen LogP contribution in [0.15, 0.2) is 108 Å². The zero-order chi connectivity index (χ0) is 28.0. The molecule has 6 rings (SSSR count). The lowest BCUT2D eigenvalue weighted by atomic mass is 10.0. The van der Waals surface area contributed by atoms with E-state index in [1.54, 1.807) is 18.0 Å². The number of thioether (sulfide) groups is 1. The van der Waals surface area contributed by atoms with Crippen molar-refractivity contribution in [2.75, 3.05) is 11.1 Å². The minimum atomic E-state index is -0.586. The fraction of sp³-hybridized carbons (Fsp3) is 0.188. The molecule has 206 valence electrons. The molecular formula is C32H28N4O4S. The van der Waals surface area contributed by atoms with Crippen molar-refractivity contribution >= 4 is 34.4 Å². The van der Waals surface area contributed by atoms with E-state index in [2.05, 4.69) is 20.3 Å². The number of para-hydroxylation sites is 2. The van der Waals surface area contributed by atoms with Crippen LogP contribution in [0.4, 0.5) is 5.69 Å². The third-order valence-corrected chi connectivity index (χ3v) is 7.87. The Kier molecular flexibility index (Phi) is 8.29. The predicted molar refractivity (Wildman–Crippen MR) is 157 cm³/mol. The van der Waals surface area contributed by atoms with Gasteiger partial charge in [-0.1, -0.05) is 54.6 Å². The fourth-order valence-electron chi connectivity index (χ4n) is 4.62. The second-order valence-corrected chi connectivity index (χ2v) is 10.7. The molecular weight excluding hydrogens is 536 g/mol. The van der Waals surface area contributed by atoms with E-state index in [1.807, 2.05) is 91.0 Å². The summed E-state index contributed by atoms with van der Waals surface area (Å²) in [5, 5.41) is 13.3. The zero-order valence-electron chi connectivity index (χ0n) is 22.1. The smallest absolute Gasteiger partial charge is 0.275 e. The highest BCUT2D eigenvalue weighted by Crippen LogP contribution is 2.39. The monoisotopic (exact) mass is 564 g/mol. The van der Waals surface area contributed by atoms with Gasteiger partial charge in [-0.15, -0.1) is 11.8 Å². The van der Waals surface area contributed by atoms with E-state index in [-0.39, 0.29) is 30.4 Å². The maximum absolute atomic E-state index is 12.8. The molecule has 5 aromatic rings. The largest absolute Gasteiger partial charge is 0.392 e. The fourth-order valence-corrected chi connectivity index (χ4v) is 5.50. The normalized spacial score (nSPS) is 18.7. The lowest BCUT2D eigenvalue weighted by molar-refractivity contribution is -0.245. The Bertz CT molecular complexity index is 1620. The molecule has 41 heavy (non-hydrogen) atoms. The summed E-state index contributed by atoms with van der Waals surface area (Å²) in [5.41, 5.74) is 5.00. The first kappa shape index (κ1) is 27.0. The number of amides is 1. The topological polar surface area (TPSA) is 106 Å². The van der Waals surface area contributed by atoms with Gasteiger partial charge in [0.2, 0.25) is 0 Å². The summed E-state index contributed by atoms with van der Waals surface area (Å²) < 4.78 is 12.8. The van der Waals surface area contributed by atoms with Crippen LogP contribution in [0.2, 0.25) is 0 Å². The third kappa shape index (κ3) is 6.61. The second kappa shape index (κ2) is 12.6. The lowest BCUT2D eigenvalue weighted by Gasteiger charge is -2.36. The molecule has 0 spiro atoms. The van der Waals surface area contributed by atoms with Gasteiger partial charge in [-0.3, -0.25) is 9.78 Å². The maximum atomic E-state index is 12.8. The molecule has 1 aliphatic rings. The van der Waals surface area contributed by atoms with Crippen LogP contribution in [0, 0.1) is 0 Å². The molecule has 1 amide bonds. The van der Waals surface area contributed by atoms with E-state index >= 15 is 0 Å². The molecule has 1 aliphatic heterocycles. The Hall–Kier alpha value is -4.15. The number of carbonyl (C=O) groups is 1. The Morgan fingerprint density at radius 1 is 0.878 bits per heavy atom. The molecule has 2 N–H and O–H groups in total. The van der Waals surface area contributed by atoms with Gasteiger partial charge in [0.25, 0.3) is 5.91 Å². The maximum Gasteiger partial charge on any atom is 0.275 e. The summed E-state index contributed by atoms with van der Waals surface area (Å²) in [5.74, 6) is 0.391. The van der Waals surface area contributed by atoms with Crippen molar-refractivity contribution in [3.05, 3.63) is 126 Å². The molecule has 3 aromatic carbocycles. The molecule has 0 aliphatic carbocycles. The average molecular weight is 565 g/mol. The molecule has 2 aromatic heterocycles. The van der Waals surface area contributed by atoms with E-state index in [0.717, 1.165) is 33.0 Å². The summed E-state index contributed by atoms with van der Waals surface area (Å²) in [6, 6.07) is 28.6. The van der Waals surface area contributed by atoms with Crippen LogP contribution in [0.3, 0.4) is 0 Å². The SMILES string of the molecule is O=C(Nc1ccc([C@H]2O[C@@H](CSc3ccccn3)C[C@@H](c3ccc(CO)cc3)O2)cc1)c1cnc2ccccc2n1. The van der Waals surface area contributed by atoms with Gasteiger partial charge in [0, 0.05) is 29.6 Å². The zero-order valence-corrected chi connectivity index (χ0v) is 22.9. The molecule has 8 nitrogen and oxygen atoms in total. The van der Waals surface area contributed by atoms with Gasteiger partial charge in [0.1, 0.15) is 5.69 Å². The Morgan fingerprint density at radius 3 is 2.39 bits per heavy atom. The number of hydrogen-bond donors (Lipinski definition) is 2. The first-order valence-corrected chi connectivity index (χ1v) is 14.3. The van der Waals surface area contributed by atoms with Crippen LogP contribution in [-0.2, 0) is 16.1 Å². The molecule has 0 saturated carbocycles. The predicted octanol–water partition coefficient (Wildman–Crippen LogP) is 6.11. The van der Waals surface area contributed by atoms with Gasteiger partial charge in [0.15, 0.2) is 6.29 Å². The van der Waals surface area contributed by atoms with Gasteiger partial charge in [-0.2, -0.15) is 0 Å². The highest BCUT2D eigenvalue weighted by molar-refractivity contribution is 7.99. The first-order valence-electron chi connectivity index (χ1n) is 13.3. The molecule has 1 saturated heterocycles. The summed E-state index contributed by atoms with van der Waals surface area (Å²) >= 11 is 1.65. The number of fused-ring (bicyclic) bond motifs is 1. The number of aromatic nitrogens is 3. The van der Waals surface area contributed by atoms with Crippen LogP contribution < -0.4 is 5.32 Å². The average Bonchev–Trinajstić information content (AvgIpc) is 3.04. The highest BCUT2D eigenvalue weighted by Gasteiger charge is 2.32. The standard InChI is InChI=1S/C32H28N4O4S/c37-19-21-8-10-22(11-9-21)29-17-25(20-41-30-7-3-4-16-33-30)39-32(40-29)23-12-14-24(15-13-23)35-31(38)28-18-34-26-5-1-2-6-27(26)36-28/h1-16,18,25,29,32,37H,17,19-20H2,(H,35,38)/t25-,29+,32+/m1/s1. The van der Waals surface area contributed by atoms with Gasteiger partial charge < -0.3 is 19.9 Å². The molecule has 9 heteroatoms. The molecule has 3 atom stereocenters. The van der Waals surface area contributed by atoms with Crippen molar-refractivity contribution in [2.45, 2.75) is 36.6 Å². The van der Waals surface area contributed by atoms with Gasteiger partial charge >= 0.3 is 0 Å². The van der Waals surface area contributed by atoms with E-state index in [0.29, 0.717) is 17.6 Å². The van der Waals surface area contributed by atoms with Crippen LogP contribution in [0.1, 0.15) is 46.0 Å². The van der Waals surface area contributed by atoms with Gasteiger partial charge in [-0.25, -0.2) is 9.97 Å². The summed E-state index contributed by atoms with van der Waals surface area (Å²) in [6.07, 6.45) is 3.11. The molecule has 0 unspecified atom stereocenters. The van der Waals surface area contributed by atoms with Crippen LogP contribution in [0.25, 0.3) is 11.0 Å². The number of benzene rings is 3. The van der Waals surface area contributed by atoms with E-state index < -0.39 is 6.29 Å². The van der Waals surface area contributed by atoms with Crippen molar-refractivity contribution < 1.29 is 19.4 Å². The molecule has 1 fully saturated rings. The quantitative estimate of drug-likeness (QED) is 0.218. The number of nitrogens with zero attached hydrogens (tertiary/aromatic N) is 3.